The van der Waals surface area contributed by atoms with Gasteiger partial charge >= 0.3 is 5.97 Å². The van der Waals surface area contributed by atoms with Crippen LogP contribution in [0, 0.1) is 5.92 Å². The Bertz CT molecular complexity index is 490. The zero-order valence-corrected chi connectivity index (χ0v) is 11.1. The number of thiazole rings is 1. The van der Waals surface area contributed by atoms with Gasteiger partial charge < -0.3 is 20.9 Å². The molecule has 0 saturated carbocycles. The first-order chi connectivity index (χ1) is 8.99. The third-order valence-electron chi connectivity index (χ3n) is 2.93. The van der Waals surface area contributed by atoms with Gasteiger partial charge in [0.25, 0.3) is 0 Å². The Kier molecular flexibility index (Phi) is 4.13. The number of carboxylic acids is 1. The largest absolute Gasteiger partial charge is 0.476 e. The molecule has 0 aromatic carbocycles. The molecule has 8 heteroatoms. The van der Waals surface area contributed by atoms with E-state index in [0.29, 0.717) is 18.2 Å². The maximum absolute atomic E-state index is 12.0. The summed E-state index contributed by atoms with van der Waals surface area (Å²) in [4.78, 5) is 26.7. The Morgan fingerprint density at radius 3 is 2.89 bits per heavy atom. The number of hydrogen-bond donors (Lipinski definition) is 3. The van der Waals surface area contributed by atoms with Crippen LogP contribution in [-0.4, -0.2) is 41.2 Å². The van der Waals surface area contributed by atoms with Gasteiger partial charge in [0.1, 0.15) is 5.01 Å². The molecule has 1 aliphatic rings. The minimum absolute atomic E-state index is 0.0120. The van der Waals surface area contributed by atoms with Crippen LogP contribution in [0.3, 0.4) is 0 Å². The molecule has 1 aromatic rings. The fourth-order valence-corrected chi connectivity index (χ4v) is 2.61. The number of amides is 1. The van der Waals surface area contributed by atoms with Crippen LogP contribution in [0.5, 0.6) is 0 Å². The molecule has 0 aliphatic carbocycles. The van der Waals surface area contributed by atoms with Gasteiger partial charge in [-0.25, -0.2) is 9.78 Å². The molecule has 4 N–H and O–H groups in total. The van der Waals surface area contributed by atoms with E-state index in [-0.39, 0.29) is 29.6 Å². The van der Waals surface area contributed by atoms with Gasteiger partial charge in [-0.05, 0) is 6.92 Å². The average molecular weight is 285 g/mol. The summed E-state index contributed by atoms with van der Waals surface area (Å²) >= 11 is 1.20. The number of ether oxygens (including phenoxy) is 1. The number of carboxylic acid groups (broad SMARTS) is 1. The van der Waals surface area contributed by atoms with Crippen molar-refractivity contribution in [2.45, 2.75) is 19.0 Å². The van der Waals surface area contributed by atoms with Gasteiger partial charge in [-0.1, -0.05) is 0 Å². The molecule has 0 radical (unpaired) electrons. The Labute approximate surface area is 113 Å². The number of carbonyl (C=O) groups is 2. The molecule has 104 valence electrons. The molecule has 3 atom stereocenters. The topological polar surface area (TPSA) is 115 Å². The summed E-state index contributed by atoms with van der Waals surface area (Å²) in [6, 6.07) is -0.642. The summed E-state index contributed by atoms with van der Waals surface area (Å²) in [6.45, 7) is 2.45. The number of hydrogen-bond acceptors (Lipinski definition) is 6. The summed E-state index contributed by atoms with van der Waals surface area (Å²) in [5, 5.41) is 13.6. The number of nitrogens with two attached hydrogens (primary N) is 1. The van der Waals surface area contributed by atoms with Crippen LogP contribution in [0.4, 0.5) is 0 Å². The minimum Gasteiger partial charge on any atom is -0.476 e. The van der Waals surface area contributed by atoms with E-state index < -0.39 is 5.97 Å². The van der Waals surface area contributed by atoms with E-state index in [2.05, 4.69) is 10.3 Å². The lowest BCUT2D eigenvalue weighted by molar-refractivity contribution is -0.125. The maximum Gasteiger partial charge on any atom is 0.355 e. The maximum atomic E-state index is 12.0. The third kappa shape index (κ3) is 3.09. The van der Waals surface area contributed by atoms with Crippen molar-refractivity contribution < 1.29 is 19.4 Å². The van der Waals surface area contributed by atoms with Gasteiger partial charge in [0.05, 0.1) is 25.2 Å². The zero-order chi connectivity index (χ0) is 14.0. The van der Waals surface area contributed by atoms with E-state index in [1.807, 2.05) is 0 Å². The Morgan fingerprint density at radius 2 is 2.37 bits per heavy atom. The highest BCUT2D eigenvalue weighted by atomic mass is 32.1. The Hall–Kier alpha value is -1.51. The molecule has 1 amide bonds. The minimum atomic E-state index is -1.08. The molecule has 0 spiro atoms. The smallest absolute Gasteiger partial charge is 0.355 e. The molecule has 3 unspecified atom stereocenters. The number of aromatic nitrogens is 1. The SMILES string of the molecule is CC(NC(=O)C1COCC1N)c1nc(C(=O)O)cs1. The molecular weight excluding hydrogens is 270 g/mol. The highest BCUT2D eigenvalue weighted by Crippen LogP contribution is 2.19. The van der Waals surface area contributed by atoms with E-state index in [1.54, 1.807) is 6.92 Å². The van der Waals surface area contributed by atoms with Crippen molar-refractivity contribution in [1.29, 1.82) is 0 Å². The van der Waals surface area contributed by atoms with Crippen molar-refractivity contribution >= 4 is 23.2 Å². The molecule has 7 nitrogen and oxygen atoms in total. The van der Waals surface area contributed by atoms with E-state index in [0.717, 1.165) is 0 Å². The highest BCUT2D eigenvalue weighted by molar-refractivity contribution is 7.09. The summed E-state index contributed by atoms with van der Waals surface area (Å²) in [6.07, 6.45) is 0. The molecular formula is C11H15N3O4S. The van der Waals surface area contributed by atoms with Gasteiger partial charge in [0.15, 0.2) is 5.69 Å². The van der Waals surface area contributed by atoms with Crippen molar-refractivity contribution in [3.63, 3.8) is 0 Å². The lowest BCUT2D eigenvalue weighted by atomic mass is 10.0. The lowest BCUT2D eigenvalue weighted by Gasteiger charge is -2.16. The first kappa shape index (κ1) is 13.9. The fraction of sp³-hybridized carbons (Fsp3) is 0.545. The zero-order valence-electron chi connectivity index (χ0n) is 10.3. The second kappa shape index (κ2) is 5.64. The van der Waals surface area contributed by atoms with Crippen LogP contribution in [0.1, 0.15) is 28.5 Å². The predicted octanol–water partition coefficient (Wildman–Crippen LogP) is -0.00780. The standard InChI is InChI=1S/C11H15N3O4S/c1-5(10-14-8(4-19-10)11(16)17)13-9(15)6-2-18-3-7(6)12/h4-7H,2-3,12H2,1H3,(H,13,15)(H,16,17). The van der Waals surface area contributed by atoms with Gasteiger partial charge in [0, 0.05) is 11.4 Å². The van der Waals surface area contributed by atoms with E-state index in [1.165, 1.54) is 16.7 Å². The van der Waals surface area contributed by atoms with Crippen LogP contribution in [-0.2, 0) is 9.53 Å². The fourth-order valence-electron chi connectivity index (χ4n) is 1.81. The monoisotopic (exact) mass is 285 g/mol. The van der Waals surface area contributed by atoms with Gasteiger partial charge in [-0.3, -0.25) is 4.79 Å². The Morgan fingerprint density at radius 1 is 1.63 bits per heavy atom. The van der Waals surface area contributed by atoms with Crippen LogP contribution in [0.15, 0.2) is 5.38 Å². The number of nitrogens with zero attached hydrogens (tertiary/aromatic N) is 1. The van der Waals surface area contributed by atoms with Crippen molar-refractivity contribution in [2.24, 2.45) is 11.7 Å². The second-order valence-electron chi connectivity index (χ2n) is 4.41. The van der Waals surface area contributed by atoms with E-state index in [9.17, 15) is 9.59 Å². The van der Waals surface area contributed by atoms with Gasteiger partial charge in [-0.15, -0.1) is 11.3 Å². The predicted molar refractivity (Wildman–Crippen MR) is 67.9 cm³/mol. The number of carbonyl (C=O) groups excluding carboxylic acids is 1. The van der Waals surface area contributed by atoms with Crippen LogP contribution in [0.25, 0.3) is 0 Å². The van der Waals surface area contributed by atoms with Crippen LogP contribution >= 0.6 is 11.3 Å². The van der Waals surface area contributed by atoms with Crippen LogP contribution < -0.4 is 11.1 Å². The van der Waals surface area contributed by atoms with Gasteiger partial charge in [0.2, 0.25) is 5.91 Å². The van der Waals surface area contributed by atoms with Gasteiger partial charge in [-0.2, -0.15) is 0 Å². The Balaban J connectivity index is 1.98. The average Bonchev–Trinajstić information content (AvgIpc) is 2.96. The number of aromatic carboxylic acids is 1. The molecule has 2 rings (SSSR count). The number of nitrogens with one attached hydrogen (secondary N) is 1. The van der Waals surface area contributed by atoms with E-state index in [4.69, 9.17) is 15.6 Å². The number of rotatable bonds is 4. The molecule has 2 heterocycles. The van der Waals surface area contributed by atoms with Crippen LogP contribution in [0.2, 0.25) is 0 Å². The molecule has 0 bridgehead atoms. The van der Waals surface area contributed by atoms with Crippen molar-refractivity contribution in [3.8, 4) is 0 Å². The lowest BCUT2D eigenvalue weighted by Crippen LogP contribution is -2.41. The molecule has 1 saturated heterocycles. The second-order valence-corrected chi connectivity index (χ2v) is 5.30. The third-order valence-corrected chi connectivity index (χ3v) is 3.96. The molecule has 1 fully saturated rings. The highest BCUT2D eigenvalue weighted by Gasteiger charge is 2.32. The normalized spacial score (nSPS) is 24.1. The van der Waals surface area contributed by atoms with E-state index >= 15 is 0 Å². The quantitative estimate of drug-likeness (QED) is 0.717. The summed E-state index contributed by atoms with van der Waals surface area (Å²) in [5.74, 6) is -1.63. The summed E-state index contributed by atoms with van der Waals surface area (Å²) < 4.78 is 5.14. The van der Waals surface area contributed by atoms with Crippen molar-refractivity contribution in [2.75, 3.05) is 13.2 Å². The first-order valence-corrected chi connectivity index (χ1v) is 6.69. The summed E-state index contributed by atoms with van der Waals surface area (Å²) in [5.41, 5.74) is 5.75. The molecule has 1 aromatic heterocycles. The van der Waals surface area contributed by atoms with Crippen molar-refractivity contribution in [1.82, 2.24) is 10.3 Å². The van der Waals surface area contributed by atoms with Crippen molar-refractivity contribution in [3.05, 3.63) is 16.1 Å². The summed E-state index contributed by atoms with van der Waals surface area (Å²) in [7, 11) is 0. The first-order valence-electron chi connectivity index (χ1n) is 5.81. The molecule has 1 aliphatic heterocycles. The molecule has 19 heavy (non-hydrogen) atoms.